The van der Waals surface area contributed by atoms with Crippen molar-refractivity contribution in [3.05, 3.63) is 75.7 Å². The Hall–Kier alpha value is -2.99. The molecule has 3 aromatic rings. The van der Waals surface area contributed by atoms with Crippen LogP contribution in [0.2, 0.25) is 5.02 Å². The third-order valence-electron chi connectivity index (χ3n) is 4.24. The molecular weight excluding hydrogens is 347 g/mol. The molecule has 4 rings (SSSR count). The lowest BCUT2D eigenvalue weighted by atomic mass is 9.91. The van der Waals surface area contributed by atoms with Gasteiger partial charge in [0.15, 0.2) is 0 Å². The molecule has 25 heavy (non-hydrogen) atoms. The first kappa shape index (κ1) is 15.5. The van der Waals surface area contributed by atoms with E-state index in [-0.39, 0.29) is 21.7 Å². The number of nitrogens with one attached hydrogen (secondary N) is 1. The molecule has 0 aliphatic carbocycles. The largest absolute Gasteiger partial charge is 0.478 e. The van der Waals surface area contributed by atoms with Gasteiger partial charge in [-0.3, -0.25) is 9.78 Å². The molecule has 1 aliphatic rings. The quantitative estimate of drug-likeness (QED) is 0.735. The van der Waals surface area contributed by atoms with Crippen molar-refractivity contribution in [1.82, 2.24) is 10.3 Å². The molecule has 2 aromatic carbocycles. The van der Waals surface area contributed by atoms with E-state index in [2.05, 4.69) is 10.3 Å². The summed E-state index contributed by atoms with van der Waals surface area (Å²) in [6.07, 6.45) is 1.52. The van der Waals surface area contributed by atoms with Crippen LogP contribution < -0.4 is 5.32 Å². The number of carbonyl (C=O) groups is 2. The predicted molar refractivity (Wildman–Crippen MR) is 89.4 cm³/mol. The number of halogens is 2. The van der Waals surface area contributed by atoms with Crippen LogP contribution in [0, 0.1) is 5.82 Å². The minimum Gasteiger partial charge on any atom is -0.478 e. The first-order valence-corrected chi connectivity index (χ1v) is 7.76. The number of amides is 1. The van der Waals surface area contributed by atoms with Crippen molar-refractivity contribution < 1.29 is 19.1 Å². The number of rotatable bonds is 2. The van der Waals surface area contributed by atoms with Gasteiger partial charge in [-0.2, -0.15) is 0 Å². The first-order chi connectivity index (χ1) is 12.0. The Morgan fingerprint density at radius 1 is 1.28 bits per heavy atom. The molecule has 1 unspecified atom stereocenters. The van der Waals surface area contributed by atoms with Crippen molar-refractivity contribution in [3.63, 3.8) is 0 Å². The lowest BCUT2D eigenvalue weighted by Crippen LogP contribution is -2.21. The smallest absolute Gasteiger partial charge is 0.336 e. The number of carboxylic acids is 1. The summed E-state index contributed by atoms with van der Waals surface area (Å²) in [7, 11) is 0. The third-order valence-corrected chi connectivity index (χ3v) is 4.58. The summed E-state index contributed by atoms with van der Waals surface area (Å²) in [6, 6.07) is 7.70. The van der Waals surface area contributed by atoms with E-state index in [9.17, 15) is 19.1 Å². The number of pyridine rings is 1. The second kappa shape index (κ2) is 5.53. The Labute approximate surface area is 146 Å². The average molecular weight is 357 g/mol. The van der Waals surface area contributed by atoms with Gasteiger partial charge in [0.05, 0.1) is 22.7 Å². The van der Waals surface area contributed by atoms with Crippen LogP contribution in [0.3, 0.4) is 0 Å². The van der Waals surface area contributed by atoms with E-state index >= 15 is 0 Å². The van der Waals surface area contributed by atoms with Crippen molar-refractivity contribution in [2.45, 2.75) is 6.04 Å². The van der Waals surface area contributed by atoms with Gasteiger partial charge in [0, 0.05) is 27.7 Å². The molecule has 2 N–H and O–H groups in total. The van der Waals surface area contributed by atoms with E-state index in [1.807, 2.05) is 0 Å². The van der Waals surface area contributed by atoms with E-state index in [4.69, 9.17) is 11.6 Å². The number of carboxylic acid groups (broad SMARTS) is 1. The zero-order valence-electron chi connectivity index (χ0n) is 12.6. The standard InChI is InChI=1S/C18H10ClFN2O3/c19-12-4-3-8(20)6-10(12)16-14-11(18(24)25)7-13-9(2-1-5-21-13)15(14)17(23)22-16/h1-7,16H,(H,22,23)(H,24,25). The molecular formula is C18H10ClFN2O3. The van der Waals surface area contributed by atoms with Crippen molar-refractivity contribution in [1.29, 1.82) is 0 Å². The van der Waals surface area contributed by atoms with Crippen LogP contribution in [0.25, 0.3) is 10.9 Å². The van der Waals surface area contributed by atoms with E-state index in [1.54, 1.807) is 12.1 Å². The van der Waals surface area contributed by atoms with Gasteiger partial charge in [-0.1, -0.05) is 17.7 Å². The highest BCUT2D eigenvalue weighted by molar-refractivity contribution is 6.31. The number of carbonyl (C=O) groups excluding carboxylic acids is 1. The second-order valence-electron chi connectivity index (χ2n) is 5.66. The van der Waals surface area contributed by atoms with Crippen LogP contribution >= 0.6 is 11.6 Å². The lowest BCUT2D eigenvalue weighted by molar-refractivity contribution is 0.0695. The predicted octanol–water partition coefficient (Wildman–Crippen LogP) is 3.56. The van der Waals surface area contributed by atoms with Gasteiger partial charge in [0.25, 0.3) is 5.91 Å². The van der Waals surface area contributed by atoms with Crippen molar-refractivity contribution >= 4 is 34.4 Å². The van der Waals surface area contributed by atoms with Crippen LogP contribution in [0.4, 0.5) is 4.39 Å². The first-order valence-electron chi connectivity index (χ1n) is 7.38. The minimum atomic E-state index is -1.20. The zero-order valence-corrected chi connectivity index (χ0v) is 13.3. The van der Waals surface area contributed by atoms with Gasteiger partial charge in [-0.25, -0.2) is 9.18 Å². The number of aromatic carboxylic acids is 1. The zero-order chi connectivity index (χ0) is 17.7. The SMILES string of the molecule is O=C(O)c1cc2ncccc2c2c1C(c1cc(F)ccc1Cl)NC2=O. The van der Waals surface area contributed by atoms with Crippen molar-refractivity contribution in [2.75, 3.05) is 0 Å². The summed E-state index contributed by atoms with van der Waals surface area (Å²) < 4.78 is 13.7. The lowest BCUT2D eigenvalue weighted by Gasteiger charge is -2.16. The average Bonchev–Trinajstić information content (AvgIpc) is 2.94. The van der Waals surface area contributed by atoms with Crippen LogP contribution in [0.1, 0.15) is 37.9 Å². The van der Waals surface area contributed by atoms with Crippen LogP contribution in [0.5, 0.6) is 0 Å². The highest BCUT2D eigenvalue weighted by Crippen LogP contribution is 2.40. The van der Waals surface area contributed by atoms with Gasteiger partial charge in [0.1, 0.15) is 5.82 Å². The normalized spacial score (nSPS) is 15.9. The van der Waals surface area contributed by atoms with Crippen molar-refractivity contribution in [2.24, 2.45) is 0 Å². The molecule has 0 spiro atoms. The molecule has 124 valence electrons. The Morgan fingerprint density at radius 2 is 2.08 bits per heavy atom. The summed E-state index contributed by atoms with van der Waals surface area (Å²) in [6.45, 7) is 0. The number of benzene rings is 2. The third kappa shape index (κ3) is 2.34. The molecule has 1 amide bonds. The summed E-state index contributed by atoms with van der Waals surface area (Å²) in [5, 5.41) is 13.1. The van der Waals surface area contributed by atoms with Crippen molar-refractivity contribution in [3.8, 4) is 0 Å². The van der Waals surface area contributed by atoms with Crippen LogP contribution in [0.15, 0.2) is 42.6 Å². The molecule has 2 heterocycles. The number of aromatic nitrogens is 1. The fraction of sp³-hybridized carbons (Fsp3) is 0.0556. The number of hydrogen-bond donors (Lipinski definition) is 2. The topological polar surface area (TPSA) is 79.3 Å². The minimum absolute atomic E-state index is 0.0649. The van der Waals surface area contributed by atoms with Gasteiger partial charge >= 0.3 is 5.97 Å². The van der Waals surface area contributed by atoms with Gasteiger partial charge < -0.3 is 10.4 Å². The molecule has 1 atom stereocenters. The molecule has 0 radical (unpaired) electrons. The maximum Gasteiger partial charge on any atom is 0.336 e. The summed E-state index contributed by atoms with van der Waals surface area (Å²) in [4.78, 5) is 28.5. The molecule has 7 heteroatoms. The number of nitrogens with zero attached hydrogens (tertiary/aromatic N) is 1. The second-order valence-corrected chi connectivity index (χ2v) is 6.07. The highest BCUT2D eigenvalue weighted by Gasteiger charge is 2.37. The summed E-state index contributed by atoms with van der Waals surface area (Å²) in [5.41, 5.74) is 1.14. The van der Waals surface area contributed by atoms with E-state index in [0.717, 1.165) is 0 Å². The van der Waals surface area contributed by atoms with E-state index in [0.29, 0.717) is 16.5 Å². The molecule has 0 saturated heterocycles. The number of fused-ring (bicyclic) bond motifs is 3. The monoisotopic (exact) mass is 356 g/mol. The Kier molecular flexibility index (Phi) is 3.43. The molecule has 1 aromatic heterocycles. The van der Waals surface area contributed by atoms with E-state index in [1.165, 1.54) is 30.5 Å². The van der Waals surface area contributed by atoms with Crippen LogP contribution in [-0.4, -0.2) is 22.0 Å². The molecule has 5 nitrogen and oxygen atoms in total. The summed E-state index contributed by atoms with van der Waals surface area (Å²) >= 11 is 6.16. The molecule has 0 bridgehead atoms. The van der Waals surface area contributed by atoms with Gasteiger partial charge in [-0.05, 0) is 30.3 Å². The van der Waals surface area contributed by atoms with Gasteiger partial charge in [-0.15, -0.1) is 0 Å². The fourth-order valence-corrected chi connectivity index (χ4v) is 3.43. The number of hydrogen-bond acceptors (Lipinski definition) is 3. The molecule has 1 aliphatic heterocycles. The molecule has 0 fully saturated rings. The Bertz CT molecular complexity index is 1070. The van der Waals surface area contributed by atoms with Gasteiger partial charge in [0.2, 0.25) is 0 Å². The van der Waals surface area contributed by atoms with Crippen LogP contribution in [-0.2, 0) is 0 Å². The maximum absolute atomic E-state index is 13.7. The summed E-state index contributed by atoms with van der Waals surface area (Å²) in [5.74, 6) is -2.17. The highest BCUT2D eigenvalue weighted by atomic mass is 35.5. The Balaban J connectivity index is 2.07. The van der Waals surface area contributed by atoms with E-state index < -0.39 is 23.7 Å². The fourth-order valence-electron chi connectivity index (χ4n) is 3.20. The maximum atomic E-state index is 13.7. The Morgan fingerprint density at radius 3 is 2.84 bits per heavy atom. The molecule has 0 saturated carbocycles.